The molecule has 0 bridgehead atoms. The Hall–Kier alpha value is -3.89. The summed E-state index contributed by atoms with van der Waals surface area (Å²) in [7, 11) is -3.75. The van der Waals surface area contributed by atoms with E-state index in [9.17, 15) is 23.7 Å². The van der Waals surface area contributed by atoms with E-state index in [1.807, 2.05) is 61.5 Å². The molecule has 0 aliphatic heterocycles. The number of rotatable bonds is 13. The molecule has 0 spiro atoms. The second kappa shape index (κ2) is 13.6. The Morgan fingerprint density at radius 1 is 0.902 bits per heavy atom. The van der Waals surface area contributed by atoms with E-state index in [0.717, 1.165) is 17.7 Å². The third-order valence-corrected chi connectivity index (χ3v) is 8.96. The molecule has 0 fully saturated rings. The lowest BCUT2D eigenvalue weighted by Crippen LogP contribution is -2.31. The molecule has 0 radical (unpaired) electrons. The number of para-hydroxylation sites is 1. The van der Waals surface area contributed by atoms with Crippen LogP contribution in [0.4, 0.5) is 17.1 Å². The van der Waals surface area contributed by atoms with Crippen LogP contribution in [0.1, 0.15) is 35.3 Å². The van der Waals surface area contributed by atoms with Crippen molar-refractivity contribution in [3.8, 4) is 5.75 Å². The minimum absolute atomic E-state index is 0.00777. The third-order valence-electron chi connectivity index (χ3n) is 6.92. The van der Waals surface area contributed by atoms with Crippen molar-refractivity contribution in [1.29, 1.82) is 0 Å². The molecule has 9 heteroatoms. The minimum Gasteiger partial charge on any atom is -0.508 e. The third kappa shape index (κ3) is 7.45. The summed E-state index contributed by atoms with van der Waals surface area (Å²) in [4.78, 5) is 0.262. The minimum atomic E-state index is -3.75. The van der Waals surface area contributed by atoms with Gasteiger partial charge in [-0.25, -0.2) is 8.42 Å². The normalized spacial score (nSPS) is 12.2. The van der Waals surface area contributed by atoms with E-state index in [4.69, 9.17) is 0 Å². The molecule has 1 atom stereocenters. The summed E-state index contributed by atoms with van der Waals surface area (Å²) in [6.45, 7) is 4.65. The van der Waals surface area contributed by atoms with E-state index >= 15 is 0 Å². The number of nitrogens with zero attached hydrogens (tertiary/aromatic N) is 1. The van der Waals surface area contributed by atoms with Crippen LogP contribution in [0.25, 0.3) is 0 Å². The van der Waals surface area contributed by atoms with Crippen molar-refractivity contribution in [3.63, 3.8) is 0 Å². The molecular formula is C32H37N3O5S. The first-order valence-electron chi connectivity index (χ1n) is 13.6. The lowest BCUT2D eigenvalue weighted by atomic mass is 10.1. The van der Waals surface area contributed by atoms with Gasteiger partial charge in [-0.1, -0.05) is 42.5 Å². The Balaban J connectivity index is 1.35. The van der Waals surface area contributed by atoms with Crippen molar-refractivity contribution < 1.29 is 23.7 Å². The van der Waals surface area contributed by atoms with Gasteiger partial charge in [-0.2, -0.15) is 0 Å². The molecule has 0 aromatic heterocycles. The highest BCUT2D eigenvalue weighted by atomic mass is 32.2. The monoisotopic (exact) mass is 575 g/mol. The Labute approximate surface area is 242 Å². The highest BCUT2D eigenvalue weighted by molar-refractivity contribution is 7.92. The number of phenols is 1. The molecule has 216 valence electrons. The van der Waals surface area contributed by atoms with E-state index in [0.29, 0.717) is 47.7 Å². The summed E-state index contributed by atoms with van der Waals surface area (Å²) < 4.78 is 28.6. The highest BCUT2D eigenvalue weighted by Crippen LogP contribution is 2.29. The second-order valence-electron chi connectivity index (χ2n) is 9.82. The first-order valence-corrected chi connectivity index (χ1v) is 15.0. The molecule has 0 saturated carbocycles. The van der Waals surface area contributed by atoms with Gasteiger partial charge < -0.3 is 26.0 Å². The van der Waals surface area contributed by atoms with E-state index in [1.54, 1.807) is 37.3 Å². The summed E-state index contributed by atoms with van der Waals surface area (Å²) in [6.07, 6.45) is -0.00298. The molecular weight excluding hydrogens is 538 g/mol. The molecule has 4 aromatic carbocycles. The maximum Gasteiger partial charge on any atom is 0.264 e. The molecule has 0 saturated heterocycles. The van der Waals surface area contributed by atoms with Gasteiger partial charge in [0.1, 0.15) is 5.75 Å². The lowest BCUT2D eigenvalue weighted by molar-refractivity contribution is 0.174. The molecule has 0 aliphatic carbocycles. The van der Waals surface area contributed by atoms with Gasteiger partial charge in [-0.3, -0.25) is 4.31 Å². The number of aryl methyl sites for hydroxylation is 1. The largest absolute Gasteiger partial charge is 0.508 e. The molecule has 4 aromatic rings. The van der Waals surface area contributed by atoms with Crippen LogP contribution in [0.15, 0.2) is 95.9 Å². The summed E-state index contributed by atoms with van der Waals surface area (Å²) >= 11 is 0. The lowest BCUT2D eigenvalue weighted by Gasteiger charge is -2.24. The van der Waals surface area contributed by atoms with Crippen LogP contribution < -0.4 is 14.9 Å². The first kappa shape index (κ1) is 30.1. The number of hydrogen-bond donors (Lipinski definition) is 5. The predicted octanol–water partition coefficient (Wildman–Crippen LogP) is 5.02. The quantitative estimate of drug-likeness (QED) is 0.142. The number of benzene rings is 4. The molecule has 0 aliphatic rings. The van der Waals surface area contributed by atoms with Gasteiger partial charge in [0.05, 0.1) is 23.3 Å². The van der Waals surface area contributed by atoms with E-state index < -0.39 is 16.1 Å². The maximum absolute atomic E-state index is 13.6. The van der Waals surface area contributed by atoms with Crippen LogP contribution in [0, 0.1) is 6.92 Å². The van der Waals surface area contributed by atoms with Crippen LogP contribution in [-0.2, 0) is 23.1 Å². The fourth-order valence-corrected chi connectivity index (χ4v) is 6.34. The van der Waals surface area contributed by atoms with Gasteiger partial charge in [0.2, 0.25) is 0 Å². The fourth-order valence-electron chi connectivity index (χ4n) is 4.61. The van der Waals surface area contributed by atoms with Crippen molar-refractivity contribution in [2.24, 2.45) is 0 Å². The highest BCUT2D eigenvalue weighted by Gasteiger charge is 2.25. The number of nitrogens with one attached hydrogen (secondary N) is 2. The Bertz CT molecular complexity index is 1540. The van der Waals surface area contributed by atoms with E-state index in [2.05, 4.69) is 10.6 Å². The van der Waals surface area contributed by atoms with Crippen LogP contribution in [0.3, 0.4) is 0 Å². The smallest absolute Gasteiger partial charge is 0.264 e. The van der Waals surface area contributed by atoms with Crippen LogP contribution >= 0.6 is 0 Å². The zero-order valence-corrected chi connectivity index (χ0v) is 24.1. The average molecular weight is 576 g/mol. The second-order valence-corrected chi connectivity index (χ2v) is 11.7. The standard InChI is InChI=1S/C32H37N3O5S/c1-3-35(29-7-5-4-6-8-29)41(39,40)32-20-28(13-9-23(32)2)34-27-14-10-24(11-15-27)17-18-33-21-31(38)25-12-16-30(37)26(19-25)22-36/h4-16,19-20,31,33-34,36-38H,3,17-18,21-22H2,1-2H3. The molecule has 8 nitrogen and oxygen atoms in total. The van der Waals surface area contributed by atoms with E-state index in [1.165, 1.54) is 10.4 Å². The summed E-state index contributed by atoms with van der Waals surface area (Å²) in [5.74, 6) is 0.00777. The molecule has 5 N–H and O–H groups in total. The predicted molar refractivity (Wildman–Crippen MR) is 163 cm³/mol. The zero-order valence-electron chi connectivity index (χ0n) is 23.3. The van der Waals surface area contributed by atoms with Crippen molar-refractivity contribution in [2.75, 3.05) is 29.3 Å². The Morgan fingerprint density at radius 3 is 2.29 bits per heavy atom. The molecule has 41 heavy (non-hydrogen) atoms. The van der Waals surface area contributed by atoms with Gasteiger partial charge in [0.25, 0.3) is 10.0 Å². The Morgan fingerprint density at radius 2 is 1.61 bits per heavy atom. The van der Waals surface area contributed by atoms with Crippen molar-refractivity contribution in [2.45, 2.75) is 37.9 Å². The summed E-state index contributed by atoms with van der Waals surface area (Å²) in [6, 6.07) is 27.1. The molecule has 0 heterocycles. The van der Waals surface area contributed by atoms with Crippen LogP contribution in [0.5, 0.6) is 5.75 Å². The summed E-state index contributed by atoms with van der Waals surface area (Å²) in [5, 5.41) is 36.0. The van der Waals surface area contributed by atoms with Gasteiger partial charge >= 0.3 is 0 Å². The average Bonchev–Trinajstić information content (AvgIpc) is 2.98. The number of aliphatic hydroxyl groups excluding tert-OH is 2. The van der Waals surface area contributed by atoms with Gasteiger partial charge in [-0.05, 0) is 92.0 Å². The first-order chi connectivity index (χ1) is 19.7. The van der Waals surface area contributed by atoms with Crippen molar-refractivity contribution >= 4 is 27.1 Å². The number of aromatic hydroxyl groups is 1. The van der Waals surface area contributed by atoms with Gasteiger partial charge in [-0.15, -0.1) is 0 Å². The van der Waals surface area contributed by atoms with Crippen LogP contribution in [0.2, 0.25) is 0 Å². The molecule has 0 amide bonds. The maximum atomic E-state index is 13.6. The number of sulfonamides is 1. The van der Waals surface area contributed by atoms with Crippen molar-refractivity contribution in [3.05, 3.63) is 113 Å². The topological polar surface area (TPSA) is 122 Å². The SMILES string of the molecule is CCN(c1ccccc1)S(=O)(=O)c1cc(Nc2ccc(CCNCC(O)c3ccc(O)c(CO)c3)cc2)ccc1C. The van der Waals surface area contributed by atoms with Crippen LogP contribution in [-0.4, -0.2) is 43.4 Å². The van der Waals surface area contributed by atoms with Gasteiger partial charge in [0.15, 0.2) is 0 Å². The van der Waals surface area contributed by atoms with Gasteiger partial charge in [0, 0.05) is 30.0 Å². The fraction of sp³-hybridized carbons (Fsp3) is 0.250. The summed E-state index contributed by atoms with van der Waals surface area (Å²) in [5.41, 5.74) is 4.95. The number of aliphatic hydroxyl groups is 2. The Kier molecular flexibility index (Phi) is 10.0. The van der Waals surface area contributed by atoms with E-state index in [-0.39, 0.29) is 17.3 Å². The molecule has 1 unspecified atom stereocenters. The number of anilines is 3. The molecule has 4 rings (SSSR count). The number of hydrogen-bond acceptors (Lipinski definition) is 7. The zero-order chi connectivity index (χ0) is 29.4. The van der Waals surface area contributed by atoms with Crippen molar-refractivity contribution in [1.82, 2.24) is 5.32 Å².